The number of benzene rings is 2. The molecule has 7 nitrogen and oxygen atoms in total. The number of aromatic nitrogens is 3. The van der Waals surface area contributed by atoms with Crippen LogP contribution in [0, 0.1) is 0 Å². The molecule has 0 saturated carbocycles. The normalized spacial score (nSPS) is 16.2. The van der Waals surface area contributed by atoms with Gasteiger partial charge in [0.05, 0.1) is 17.5 Å². The average molecular weight is 478 g/mol. The smallest absolute Gasteiger partial charge is 0.230 e. The van der Waals surface area contributed by atoms with E-state index in [4.69, 9.17) is 4.74 Å². The summed E-state index contributed by atoms with van der Waals surface area (Å²) in [6.07, 6.45) is 0.745. The Morgan fingerprint density at radius 3 is 2.38 bits per heavy atom. The second-order valence-electron chi connectivity index (χ2n) is 8.57. The average Bonchev–Trinajstić information content (AvgIpc) is 3.41. The van der Waals surface area contributed by atoms with Crippen LogP contribution in [0.2, 0.25) is 0 Å². The molecule has 1 aliphatic rings. The van der Waals surface area contributed by atoms with Gasteiger partial charge in [0, 0.05) is 39.1 Å². The molecule has 5 rings (SSSR count). The van der Waals surface area contributed by atoms with Crippen LogP contribution in [0.4, 0.5) is 0 Å². The SMILES string of the molecule is CCOc1ccc(C(c2sc3nc(CC)nn3c2O)N2CCN(Cc3ccccc3)CC2)cc1. The minimum atomic E-state index is -0.0619. The van der Waals surface area contributed by atoms with E-state index in [0.717, 1.165) is 66.1 Å². The monoisotopic (exact) mass is 477 g/mol. The molecule has 0 radical (unpaired) electrons. The van der Waals surface area contributed by atoms with Crippen molar-refractivity contribution in [3.8, 4) is 11.6 Å². The van der Waals surface area contributed by atoms with Gasteiger partial charge in [0.25, 0.3) is 0 Å². The first-order valence-electron chi connectivity index (χ1n) is 12.0. The van der Waals surface area contributed by atoms with Gasteiger partial charge < -0.3 is 9.84 Å². The van der Waals surface area contributed by atoms with Crippen LogP contribution in [-0.4, -0.2) is 62.3 Å². The second-order valence-corrected chi connectivity index (χ2v) is 9.58. The molecule has 2 aromatic carbocycles. The Morgan fingerprint density at radius 2 is 1.74 bits per heavy atom. The first-order chi connectivity index (χ1) is 16.7. The molecule has 1 aliphatic heterocycles. The van der Waals surface area contributed by atoms with Crippen molar-refractivity contribution in [1.82, 2.24) is 24.4 Å². The van der Waals surface area contributed by atoms with Crippen molar-refractivity contribution in [1.29, 1.82) is 0 Å². The number of aryl methyl sites for hydroxylation is 1. The van der Waals surface area contributed by atoms with E-state index < -0.39 is 0 Å². The van der Waals surface area contributed by atoms with E-state index in [9.17, 15) is 5.11 Å². The molecule has 0 spiro atoms. The van der Waals surface area contributed by atoms with Crippen LogP contribution >= 0.6 is 11.3 Å². The topological polar surface area (TPSA) is 66.1 Å². The fourth-order valence-electron chi connectivity index (χ4n) is 4.58. The quantitative estimate of drug-likeness (QED) is 0.407. The largest absolute Gasteiger partial charge is 0.494 e. The number of piperazine rings is 1. The minimum absolute atomic E-state index is 0.0619. The first kappa shape index (κ1) is 22.8. The maximum Gasteiger partial charge on any atom is 0.230 e. The molecule has 34 heavy (non-hydrogen) atoms. The lowest BCUT2D eigenvalue weighted by Crippen LogP contribution is -2.47. The van der Waals surface area contributed by atoms with Crippen LogP contribution in [0.15, 0.2) is 54.6 Å². The zero-order chi connectivity index (χ0) is 23.5. The third-order valence-electron chi connectivity index (χ3n) is 6.34. The zero-order valence-electron chi connectivity index (χ0n) is 19.7. The molecule has 1 unspecified atom stereocenters. The minimum Gasteiger partial charge on any atom is -0.494 e. The number of aromatic hydroxyl groups is 1. The molecule has 8 heteroatoms. The Balaban J connectivity index is 1.42. The summed E-state index contributed by atoms with van der Waals surface area (Å²) in [4.78, 5) is 11.2. The summed E-state index contributed by atoms with van der Waals surface area (Å²) >= 11 is 1.53. The highest BCUT2D eigenvalue weighted by Crippen LogP contribution is 2.40. The predicted molar refractivity (Wildman–Crippen MR) is 135 cm³/mol. The van der Waals surface area contributed by atoms with Gasteiger partial charge >= 0.3 is 0 Å². The number of fused-ring (bicyclic) bond motifs is 1. The van der Waals surface area contributed by atoms with Gasteiger partial charge in [-0.15, -0.1) is 5.10 Å². The Kier molecular flexibility index (Phi) is 6.80. The van der Waals surface area contributed by atoms with Gasteiger partial charge in [-0.3, -0.25) is 9.80 Å². The lowest BCUT2D eigenvalue weighted by Gasteiger charge is -2.39. The predicted octanol–water partition coefficient (Wildman–Crippen LogP) is 4.36. The van der Waals surface area contributed by atoms with E-state index in [0.29, 0.717) is 6.61 Å². The van der Waals surface area contributed by atoms with Crippen molar-refractivity contribution >= 4 is 16.3 Å². The van der Waals surface area contributed by atoms with E-state index >= 15 is 0 Å². The lowest BCUT2D eigenvalue weighted by molar-refractivity contribution is 0.105. The molecule has 178 valence electrons. The molecule has 0 bridgehead atoms. The van der Waals surface area contributed by atoms with Crippen LogP contribution in [0.3, 0.4) is 0 Å². The summed E-state index contributed by atoms with van der Waals surface area (Å²) in [5.74, 6) is 1.80. The van der Waals surface area contributed by atoms with E-state index in [1.54, 1.807) is 4.52 Å². The number of nitrogens with zero attached hydrogens (tertiary/aromatic N) is 5. The highest BCUT2D eigenvalue weighted by molar-refractivity contribution is 7.17. The third-order valence-corrected chi connectivity index (χ3v) is 7.41. The Labute approximate surface area is 204 Å². The molecule has 1 atom stereocenters. The molecule has 0 amide bonds. The van der Waals surface area contributed by atoms with Gasteiger partial charge in [0.15, 0.2) is 5.82 Å². The molecule has 1 saturated heterocycles. The summed E-state index contributed by atoms with van der Waals surface area (Å²) in [6, 6.07) is 18.8. The number of thiazole rings is 1. The second kappa shape index (κ2) is 10.1. The molecule has 1 fully saturated rings. The zero-order valence-corrected chi connectivity index (χ0v) is 20.5. The maximum atomic E-state index is 11.2. The standard InChI is InChI=1S/C26H31N5O2S/c1-3-22-27-26-31(28-22)25(32)24(34-26)23(20-10-12-21(13-11-20)33-4-2)30-16-14-29(15-17-30)18-19-8-6-5-7-9-19/h5-13,23,32H,3-4,14-18H2,1-2H3. The van der Waals surface area contributed by atoms with Crippen molar-refractivity contribution in [2.75, 3.05) is 32.8 Å². The van der Waals surface area contributed by atoms with Crippen LogP contribution in [0.25, 0.3) is 4.96 Å². The number of rotatable bonds is 8. The first-order valence-corrected chi connectivity index (χ1v) is 12.8. The van der Waals surface area contributed by atoms with Gasteiger partial charge in [0.2, 0.25) is 10.8 Å². The lowest BCUT2D eigenvalue weighted by atomic mass is 10.0. The van der Waals surface area contributed by atoms with Crippen molar-refractivity contribution in [2.45, 2.75) is 32.9 Å². The molecular formula is C26H31N5O2S. The van der Waals surface area contributed by atoms with Crippen LogP contribution in [0.5, 0.6) is 11.6 Å². The molecule has 3 heterocycles. The van der Waals surface area contributed by atoms with Crippen molar-refractivity contribution in [3.05, 3.63) is 76.4 Å². The van der Waals surface area contributed by atoms with E-state index in [-0.39, 0.29) is 11.9 Å². The van der Waals surface area contributed by atoms with Gasteiger partial charge in [0.1, 0.15) is 5.75 Å². The van der Waals surface area contributed by atoms with Crippen LogP contribution < -0.4 is 4.74 Å². The number of hydrogen-bond donors (Lipinski definition) is 1. The van der Waals surface area contributed by atoms with Crippen LogP contribution in [0.1, 0.15) is 41.7 Å². The third kappa shape index (κ3) is 4.66. The van der Waals surface area contributed by atoms with Gasteiger partial charge in [-0.25, -0.2) is 4.98 Å². The Bertz CT molecular complexity index is 1210. The fraction of sp³-hybridized carbons (Fsp3) is 0.385. The molecular weight excluding hydrogens is 446 g/mol. The summed E-state index contributed by atoms with van der Waals surface area (Å²) in [5.41, 5.74) is 2.48. The van der Waals surface area contributed by atoms with Crippen molar-refractivity contribution in [3.63, 3.8) is 0 Å². The highest BCUT2D eigenvalue weighted by atomic mass is 32.1. The highest BCUT2D eigenvalue weighted by Gasteiger charge is 2.31. The molecule has 2 aromatic heterocycles. The summed E-state index contributed by atoms with van der Waals surface area (Å²) < 4.78 is 7.25. The van der Waals surface area contributed by atoms with Crippen LogP contribution in [-0.2, 0) is 13.0 Å². The number of hydrogen-bond acceptors (Lipinski definition) is 7. The van der Waals surface area contributed by atoms with Gasteiger partial charge in [-0.05, 0) is 30.2 Å². The van der Waals surface area contributed by atoms with E-state index in [1.807, 2.05) is 26.0 Å². The Hall–Kier alpha value is -2.94. The number of ether oxygens (including phenoxy) is 1. The summed E-state index contributed by atoms with van der Waals surface area (Å²) in [5, 5.41) is 15.6. The van der Waals surface area contributed by atoms with E-state index in [2.05, 4.69) is 62.3 Å². The fourth-order valence-corrected chi connectivity index (χ4v) is 5.72. The van der Waals surface area contributed by atoms with E-state index in [1.165, 1.54) is 16.9 Å². The maximum absolute atomic E-state index is 11.2. The Morgan fingerprint density at radius 1 is 1.00 bits per heavy atom. The summed E-state index contributed by atoms with van der Waals surface area (Å²) in [7, 11) is 0. The van der Waals surface area contributed by atoms with Crippen molar-refractivity contribution < 1.29 is 9.84 Å². The molecule has 1 N–H and O–H groups in total. The van der Waals surface area contributed by atoms with Gasteiger partial charge in [-0.1, -0.05) is 60.7 Å². The molecule has 4 aromatic rings. The van der Waals surface area contributed by atoms with Crippen molar-refractivity contribution in [2.24, 2.45) is 0 Å². The molecule has 0 aliphatic carbocycles. The summed E-state index contributed by atoms with van der Waals surface area (Å²) in [6.45, 7) is 9.40. The van der Waals surface area contributed by atoms with Gasteiger partial charge in [-0.2, -0.15) is 4.52 Å².